The second-order valence-electron chi connectivity index (χ2n) is 25.5. The standard InChI is InChI=1S/C67H108N18O14/c1-39(2)33-51(63(94)82-52(34-42-17-7-6-8-18-42)65(96)83-53(35-43-23-25-45(86)26-24-43)64(95)80-50(67(98)99)22-12-16-32-71)81-57(88)41(5)76-62(93)54(36-44-37-74-38-75-44)84-66(97)56(40(3)4)85-61(92)48(21-11-15-31-70)78-60(91)49(27-28-55(73)87)79-59(90)47(20-10-14-30-69)77-58(89)46(72)19-9-13-29-68/h6-8,17-18,23-26,37-41,46-54,56,86H,9-16,19-22,27-36,68-72H2,1-5H3,(H2,73,87)(H,74,75)(H,76,93)(H,77,89)(H,78,91)(H,79,90)(H,80,95)(H,81,88)(H,82,94)(H,83,96)(H,84,97)(H,85,92)(H,98,99)/t41-,46-,47-,48-,49-,50-,51-,52-,53-,54-,56-/m0/s1. The summed E-state index contributed by atoms with van der Waals surface area (Å²) >= 11 is 0. The fourth-order valence-corrected chi connectivity index (χ4v) is 10.5. The van der Waals surface area contributed by atoms with E-state index < -0.39 is 143 Å². The monoisotopic (exact) mass is 1390 g/mol. The minimum atomic E-state index is -1.46. The Bertz CT molecular complexity index is 3030. The SMILES string of the molecule is CC(C)C[C@H](NC(=O)[C@H](C)NC(=O)[C@H](Cc1cnc[nH]1)NC(=O)[C@@H](NC(=O)[C@H](CCCCN)NC(=O)[C@H](CCC(N)=O)NC(=O)[C@H](CCCCN)NC(=O)[C@@H](N)CCCCN)C(C)C)C(=O)N[C@@H](Cc1ccccc1)C(=O)N[C@@H](Cc1ccc(O)cc1)C(=O)N[C@@H](CCCCN)C(=O)O. The number of nitrogens with two attached hydrogens (primary N) is 6. The zero-order valence-electron chi connectivity index (χ0n) is 57.6. The van der Waals surface area contributed by atoms with Crippen LogP contribution in [0.4, 0.5) is 0 Å². The number of carboxylic acid groups (broad SMARTS) is 1. The van der Waals surface area contributed by atoms with Gasteiger partial charge in [-0.15, -0.1) is 0 Å². The van der Waals surface area contributed by atoms with Gasteiger partial charge in [-0.05, 0) is 152 Å². The molecule has 0 saturated carbocycles. The van der Waals surface area contributed by atoms with Crippen LogP contribution in [0.5, 0.6) is 5.75 Å². The first-order valence-corrected chi connectivity index (χ1v) is 34.0. The molecule has 0 saturated heterocycles. The number of aliphatic carboxylic acids is 1. The van der Waals surface area contributed by atoms with Gasteiger partial charge in [0.05, 0.1) is 12.4 Å². The molecule has 25 N–H and O–H groups in total. The second-order valence-corrected chi connectivity index (χ2v) is 25.5. The van der Waals surface area contributed by atoms with Gasteiger partial charge in [-0.1, -0.05) is 76.6 Å². The van der Waals surface area contributed by atoms with Crippen molar-refractivity contribution in [3.05, 3.63) is 83.9 Å². The molecule has 0 aliphatic carbocycles. The molecule has 3 rings (SSSR count). The maximum Gasteiger partial charge on any atom is 0.326 e. The summed E-state index contributed by atoms with van der Waals surface area (Å²) in [5, 5.41) is 46.6. The maximum atomic E-state index is 14.5. The Morgan fingerprint density at radius 1 is 0.444 bits per heavy atom. The van der Waals surface area contributed by atoms with Crippen molar-refractivity contribution in [2.45, 2.75) is 217 Å². The summed E-state index contributed by atoms with van der Waals surface area (Å²) in [4.78, 5) is 173. The van der Waals surface area contributed by atoms with Crippen LogP contribution in [-0.2, 0) is 76.8 Å². The molecule has 0 spiro atoms. The number of amides is 11. The average molecular weight is 1390 g/mol. The Labute approximate surface area is 578 Å². The van der Waals surface area contributed by atoms with E-state index >= 15 is 0 Å². The summed E-state index contributed by atoms with van der Waals surface area (Å²) in [5.74, 6) is -11.2. The van der Waals surface area contributed by atoms with Crippen molar-refractivity contribution in [2.24, 2.45) is 46.2 Å². The van der Waals surface area contributed by atoms with E-state index in [1.165, 1.54) is 43.7 Å². The Morgan fingerprint density at radius 3 is 1.32 bits per heavy atom. The number of carbonyl (C=O) groups excluding carboxylic acids is 11. The third-order valence-corrected chi connectivity index (χ3v) is 16.2. The van der Waals surface area contributed by atoms with Crippen LogP contribution >= 0.6 is 0 Å². The maximum absolute atomic E-state index is 14.5. The molecule has 0 bridgehead atoms. The molecule has 1 heterocycles. The summed E-state index contributed by atoms with van der Waals surface area (Å²) < 4.78 is 0. The number of phenols is 1. The van der Waals surface area contributed by atoms with Crippen LogP contribution in [-0.4, -0.2) is 184 Å². The third kappa shape index (κ3) is 32.0. The Morgan fingerprint density at radius 2 is 0.848 bits per heavy atom. The molecule has 11 atom stereocenters. The lowest BCUT2D eigenvalue weighted by atomic mass is 9.99. The molecule has 2 aromatic carbocycles. The van der Waals surface area contributed by atoms with E-state index in [4.69, 9.17) is 34.4 Å². The Kier molecular flexibility index (Phi) is 38.6. The molecule has 32 heteroatoms. The highest BCUT2D eigenvalue weighted by atomic mass is 16.4. The molecule has 1 aromatic heterocycles. The fourth-order valence-electron chi connectivity index (χ4n) is 10.5. The summed E-state index contributed by atoms with van der Waals surface area (Å²) in [5.41, 5.74) is 35.8. The van der Waals surface area contributed by atoms with E-state index in [2.05, 4.69) is 63.1 Å². The van der Waals surface area contributed by atoms with Gasteiger partial charge in [0, 0.05) is 37.6 Å². The van der Waals surface area contributed by atoms with Gasteiger partial charge >= 0.3 is 5.97 Å². The van der Waals surface area contributed by atoms with E-state index in [0.29, 0.717) is 94.2 Å². The first-order chi connectivity index (χ1) is 47.1. The molecule has 550 valence electrons. The van der Waals surface area contributed by atoms with Crippen molar-refractivity contribution in [2.75, 3.05) is 26.2 Å². The lowest BCUT2D eigenvalue weighted by Crippen LogP contribution is -2.61. The number of nitrogens with one attached hydrogen (secondary N) is 11. The first kappa shape index (κ1) is 84.1. The fraction of sp³-hybridized carbons (Fsp3) is 0.597. The normalized spacial score (nSPS) is 14.6. The number of hydrogen-bond donors (Lipinski definition) is 19. The van der Waals surface area contributed by atoms with Crippen LogP contribution in [0.1, 0.15) is 148 Å². The number of rotatable bonds is 49. The lowest BCUT2D eigenvalue weighted by molar-refractivity contribution is -0.142. The highest BCUT2D eigenvalue weighted by Crippen LogP contribution is 2.16. The highest BCUT2D eigenvalue weighted by molar-refractivity contribution is 5.99. The minimum absolute atomic E-state index is 0.0101. The molecule has 0 radical (unpaired) electrons. The van der Waals surface area contributed by atoms with Gasteiger partial charge in [-0.25, -0.2) is 9.78 Å². The number of unbranched alkanes of at least 4 members (excludes halogenated alkanes) is 4. The average Bonchev–Trinajstić information content (AvgIpc) is 1.32. The van der Waals surface area contributed by atoms with Crippen LogP contribution in [0.3, 0.4) is 0 Å². The van der Waals surface area contributed by atoms with Crippen molar-refractivity contribution in [1.29, 1.82) is 0 Å². The molecule has 11 amide bonds. The molecule has 0 aliphatic heterocycles. The van der Waals surface area contributed by atoms with Gasteiger partial charge in [0.1, 0.15) is 66.2 Å². The number of primary amides is 1. The van der Waals surface area contributed by atoms with E-state index in [1.807, 2.05) is 0 Å². The number of benzene rings is 2. The summed E-state index contributed by atoms with van der Waals surface area (Å²) in [6.45, 7) is 9.38. The Hall–Kier alpha value is -9.11. The van der Waals surface area contributed by atoms with Crippen molar-refractivity contribution >= 4 is 70.9 Å². The quantitative estimate of drug-likeness (QED) is 0.0269. The number of aromatic amines is 1. The number of phenolic OH excluding ortho intramolecular Hbond substituents is 1. The zero-order chi connectivity index (χ0) is 73.6. The van der Waals surface area contributed by atoms with E-state index in [-0.39, 0.29) is 76.0 Å². The molecule has 3 aromatic rings. The van der Waals surface area contributed by atoms with Crippen LogP contribution < -0.4 is 87.6 Å². The zero-order valence-corrected chi connectivity index (χ0v) is 57.6. The predicted octanol–water partition coefficient (Wildman–Crippen LogP) is -2.09. The predicted molar refractivity (Wildman–Crippen MR) is 369 cm³/mol. The summed E-state index contributed by atoms with van der Waals surface area (Å²) in [6.07, 6.45) is 5.81. The topological polar surface area (TPSA) is 550 Å². The summed E-state index contributed by atoms with van der Waals surface area (Å²) in [7, 11) is 0. The lowest BCUT2D eigenvalue weighted by Gasteiger charge is -2.29. The van der Waals surface area contributed by atoms with Gasteiger partial charge in [-0.2, -0.15) is 0 Å². The molecule has 32 nitrogen and oxygen atoms in total. The van der Waals surface area contributed by atoms with Gasteiger partial charge in [0.2, 0.25) is 65.0 Å². The summed E-state index contributed by atoms with van der Waals surface area (Å²) in [6, 6.07) is -0.161. The number of aromatic nitrogens is 2. The molecule has 0 fully saturated rings. The number of imidazole rings is 1. The van der Waals surface area contributed by atoms with Crippen LogP contribution in [0.2, 0.25) is 0 Å². The first-order valence-electron chi connectivity index (χ1n) is 34.0. The third-order valence-electron chi connectivity index (χ3n) is 16.2. The number of nitrogens with zero attached hydrogens (tertiary/aromatic N) is 1. The molecule has 0 unspecified atom stereocenters. The molecular weight excluding hydrogens is 1280 g/mol. The van der Waals surface area contributed by atoms with Crippen molar-refractivity contribution < 1.29 is 67.7 Å². The van der Waals surface area contributed by atoms with Crippen LogP contribution in [0.25, 0.3) is 0 Å². The largest absolute Gasteiger partial charge is 0.508 e. The van der Waals surface area contributed by atoms with E-state index in [1.54, 1.807) is 58.0 Å². The second kappa shape index (κ2) is 45.5. The van der Waals surface area contributed by atoms with Gasteiger partial charge < -0.3 is 103 Å². The number of aromatic hydroxyl groups is 1. The van der Waals surface area contributed by atoms with Crippen LogP contribution in [0, 0.1) is 11.8 Å². The molecule has 99 heavy (non-hydrogen) atoms. The molecular formula is C67H108N18O14. The van der Waals surface area contributed by atoms with Crippen molar-refractivity contribution in [3.63, 3.8) is 0 Å². The Balaban J connectivity index is 1.90. The van der Waals surface area contributed by atoms with Gasteiger partial charge in [0.25, 0.3) is 0 Å². The number of H-pyrrole nitrogens is 1. The minimum Gasteiger partial charge on any atom is -0.508 e. The van der Waals surface area contributed by atoms with Gasteiger partial charge in [-0.3, -0.25) is 52.7 Å². The highest BCUT2D eigenvalue weighted by Gasteiger charge is 2.37. The number of carbonyl (C=O) groups is 12. The van der Waals surface area contributed by atoms with Crippen molar-refractivity contribution in [1.82, 2.24) is 63.1 Å². The van der Waals surface area contributed by atoms with Gasteiger partial charge in [0.15, 0.2) is 0 Å². The molecule has 0 aliphatic rings. The van der Waals surface area contributed by atoms with E-state index in [0.717, 1.165) is 0 Å². The van der Waals surface area contributed by atoms with E-state index in [9.17, 15) is 67.7 Å². The van der Waals surface area contributed by atoms with Crippen molar-refractivity contribution in [3.8, 4) is 5.75 Å². The smallest absolute Gasteiger partial charge is 0.326 e. The number of hydrogen-bond acceptors (Lipinski definition) is 19. The number of carboxylic acids is 1. The van der Waals surface area contributed by atoms with Crippen LogP contribution in [0.15, 0.2) is 67.1 Å².